The maximum Gasteiger partial charge on any atom is 0.276 e. The second-order valence-electron chi connectivity index (χ2n) is 6.94. The first-order valence-corrected chi connectivity index (χ1v) is 9.76. The standard InChI is InChI=1S/C21H25N5O2/c27-21(25-11-13-28-14-12-25)20-16-26(24-23-20)10-4-9-22-15-18-7-3-6-17-5-1-2-8-19(17)18/h1-3,5-8,16,22H,4,9-15H2. The molecular formula is C21H25N5O2. The van der Waals surface area contributed by atoms with Crippen molar-refractivity contribution < 1.29 is 9.53 Å². The van der Waals surface area contributed by atoms with Crippen molar-refractivity contribution >= 4 is 16.7 Å². The summed E-state index contributed by atoms with van der Waals surface area (Å²) in [6.45, 7) is 4.83. The first-order valence-electron chi connectivity index (χ1n) is 9.76. The van der Waals surface area contributed by atoms with E-state index in [0.717, 1.165) is 26.1 Å². The monoisotopic (exact) mass is 379 g/mol. The molecule has 0 atom stereocenters. The number of hydrogen-bond acceptors (Lipinski definition) is 5. The highest BCUT2D eigenvalue weighted by Crippen LogP contribution is 2.18. The Labute approximate surface area is 164 Å². The van der Waals surface area contributed by atoms with Gasteiger partial charge >= 0.3 is 0 Å². The Morgan fingerprint density at radius 3 is 2.82 bits per heavy atom. The zero-order valence-electron chi connectivity index (χ0n) is 15.9. The SMILES string of the molecule is O=C(c1cn(CCCNCc2cccc3ccccc23)nn1)N1CCOCC1. The van der Waals surface area contributed by atoms with Gasteiger partial charge in [-0.25, -0.2) is 0 Å². The van der Waals surface area contributed by atoms with E-state index in [-0.39, 0.29) is 5.91 Å². The van der Waals surface area contributed by atoms with Gasteiger partial charge < -0.3 is 15.0 Å². The molecule has 7 heteroatoms. The number of fused-ring (bicyclic) bond motifs is 1. The highest BCUT2D eigenvalue weighted by molar-refractivity contribution is 5.92. The lowest BCUT2D eigenvalue weighted by Crippen LogP contribution is -2.40. The summed E-state index contributed by atoms with van der Waals surface area (Å²) < 4.78 is 7.02. The highest BCUT2D eigenvalue weighted by atomic mass is 16.5. The van der Waals surface area contributed by atoms with Crippen molar-refractivity contribution in [2.24, 2.45) is 0 Å². The average molecular weight is 379 g/mol. The van der Waals surface area contributed by atoms with E-state index in [1.54, 1.807) is 15.8 Å². The van der Waals surface area contributed by atoms with E-state index in [2.05, 4.69) is 58.1 Å². The number of rotatable bonds is 7. The van der Waals surface area contributed by atoms with Crippen molar-refractivity contribution in [2.45, 2.75) is 19.5 Å². The molecule has 0 bridgehead atoms. The second-order valence-corrected chi connectivity index (χ2v) is 6.94. The lowest BCUT2D eigenvalue weighted by Gasteiger charge is -2.25. The van der Waals surface area contributed by atoms with Crippen LogP contribution in [0, 0.1) is 0 Å². The van der Waals surface area contributed by atoms with Crippen LogP contribution in [-0.4, -0.2) is 58.6 Å². The van der Waals surface area contributed by atoms with Crippen LogP contribution in [0.4, 0.5) is 0 Å². The van der Waals surface area contributed by atoms with Crippen molar-refractivity contribution in [2.75, 3.05) is 32.8 Å². The van der Waals surface area contributed by atoms with Crippen molar-refractivity contribution in [3.8, 4) is 0 Å². The molecule has 1 amide bonds. The third-order valence-corrected chi connectivity index (χ3v) is 4.99. The molecule has 7 nitrogen and oxygen atoms in total. The molecule has 1 aromatic heterocycles. The van der Waals surface area contributed by atoms with Gasteiger partial charge in [0, 0.05) is 26.2 Å². The van der Waals surface area contributed by atoms with E-state index in [1.807, 2.05) is 0 Å². The van der Waals surface area contributed by atoms with Gasteiger partial charge in [0.2, 0.25) is 0 Å². The summed E-state index contributed by atoms with van der Waals surface area (Å²) in [6, 6.07) is 14.8. The van der Waals surface area contributed by atoms with Crippen LogP contribution in [0.1, 0.15) is 22.5 Å². The van der Waals surface area contributed by atoms with E-state index in [4.69, 9.17) is 4.74 Å². The molecule has 3 aromatic rings. The average Bonchev–Trinajstić information content (AvgIpc) is 3.22. The summed E-state index contributed by atoms with van der Waals surface area (Å²) in [5, 5.41) is 14.2. The number of aryl methyl sites for hydroxylation is 1. The Kier molecular flexibility index (Phi) is 5.94. The molecule has 1 fully saturated rings. The maximum absolute atomic E-state index is 12.4. The largest absolute Gasteiger partial charge is 0.378 e. The van der Waals surface area contributed by atoms with Crippen molar-refractivity contribution in [1.82, 2.24) is 25.2 Å². The van der Waals surface area contributed by atoms with Crippen molar-refractivity contribution in [1.29, 1.82) is 0 Å². The number of benzene rings is 2. The minimum atomic E-state index is -0.0661. The van der Waals surface area contributed by atoms with Crippen LogP contribution in [0.25, 0.3) is 10.8 Å². The molecule has 0 aliphatic carbocycles. The number of carbonyl (C=O) groups is 1. The predicted molar refractivity (Wildman–Crippen MR) is 107 cm³/mol. The third-order valence-electron chi connectivity index (χ3n) is 4.99. The quantitative estimate of drug-likeness (QED) is 0.637. The van der Waals surface area contributed by atoms with Crippen LogP contribution in [0.5, 0.6) is 0 Å². The Morgan fingerprint density at radius 2 is 1.93 bits per heavy atom. The van der Waals surface area contributed by atoms with Crippen LogP contribution in [0.15, 0.2) is 48.7 Å². The molecular weight excluding hydrogens is 354 g/mol. The Bertz CT molecular complexity index is 928. The molecule has 2 heterocycles. The summed E-state index contributed by atoms with van der Waals surface area (Å²) >= 11 is 0. The van der Waals surface area contributed by atoms with E-state index >= 15 is 0 Å². The Balaban J connectivity index is 1.23. The molecule has 146 valence electrons. The van der Waals surface area contributed by atoms with Gasteiger partial charge in [0.25, 0.3) is 5.91 Å². The number of morpholine rings is 1. The molecule has 1 aliphatic heterocycles. The zero-order chi connectivity index (χ0) is 19.2. The van der Waals surface area contributed by atoms with Gasteiger partial charge in [0.05, 0.1) is 19.4 Å². The van der Waals surface area contributed by atoms with Crippen LogP contribution in [-0.2, 0) is 17.8 Å². The zero-order valence-corrected chi connectivity index (χ0v) is 15.9. The van der Waals surface area contributed by atoms with Gasteiger partial charge in [-0.2, -0.15) is 0 Å². The maximum atomic E-state index is 12.4. The molecule has 1 N–H and O–H groups in total. The molecule has 28 heavy (non-hydrogen) atoms. The van der Waals surface area contributed by atoms with Crippen LogP contribution in [0.2, 0.25) is 0 Å². The van der Waals surface area contributed by atoms with Crippen LogP contribution >= 0.6 is 0 Å². The number of aromatic nitrogens is 3. The number of ether oxygens (including phenoxy) is 1. The van der Waals surface area contributed by atoms with Crippen LogP contribution < -0.4 is 5.32 Å². The van der Waals surface area contributed by atoms with Gasteiger partial charge in [-0.15, -0.1) is 5.10 Å². The van der Waals surface area contributed by atoms with Crippen molar-refractivity contribution in [3.63, 3.8) is 0 Å². The first kappa shape index (κ1) is 18.6. The number of carbonyl (C=O) groups excluding carboxylic acids is 1. The molecule has 1 saturated heterocycles. The number of amides is 1. The first-order chi connectivity index (χ1) is 13.8. The topological polar surface area (TPSA) is 72.3 Å². The third kappa shape index (κ3) is 4.37. The predicted octanol–water partition coefficient (Wildman–Crippen LogP) is 2.08. The summed E-state index contributed by atoms with van der Waals surface area (Å²) in [7, 11) is 0. The smallest absolute Gasteiger partial charge is 0.276 e. The van der Waals surface area contributed by atoms with Gasteiger partial charge in [-0.05, 0) is 29.3 Å². The van der Waals surface area contributed by atoms with Crippen molar-refractivity contribution in [3.05, 3.63) is 59.9 Å². The number of nitrogens with one attached hydrogen (secondary N) is 1. The van der Waals surface area contributed by atoms with E-state index in [1.165, 1.54) is 16.3 Å². The van der Waals surface area contributed by atoms with Gasteiger partial charge in [0.1, 0.15) is 0 Å². The molecule has 0 unspecified atom stereocenters. The fourth-order valence-electron chi connectivity index (χ4n) is 3.47. The van der Waals surface area contributed by atoms with Crippen LogP contribution in [0.3, 0.4) is 0 Å². The van der Waals surface area contributed by atoms with E-state index in [9.17, 15) is 4.79 Å². The van der Waals surface area contributed by atoms with Gasteiger partial charge in [0.15, 0.2) is 5.69 Å². The molecule has 0 saturated carbocycles. The van der Waals surface area contributed by atoms with E-state index in [0.29, 0.717) is 32.0 Å². The molecule has 0 radical (unpaired) electrons. The molecule has 1 aliphatic rings. The minimum absolute atomic E-state index is 0.0661. The number of nitrogens with zero attached hydrogens (tertiary/aromatic N) is 4. The lowest BCUT2D eigenvalue weighted by atomic mass is 10.0. The fourth-order valence-corrected chi connectivity index (χ4v) is 3.47. The summed E-state index contributed by atoms with van der Waals surface area (Å²) in [6.07, 6.45) is 2.65. The number of hydrogen-bond donors (Lipinski definition) is 1. The van der Waals surface area contributed by atoms with Gasteiger partial charge in [-0.1, -0.05) is 47.7 Å². The van der Waals surface area contributed by atoms with Gasteiger partial charge in [-0.3, -0.25) is 9.48 Å². The minimum Gasteiger partial charge on any atom is -0.378 e. The van der Waals surface area contributed by atoms with E-state index < -0.39 is 0 Å². The summed E-state index contributed by atoms with van der Waals surface area (Å²) in [5.74, 6) is -0.0661. The second kappa shape index (κ2) is 8.95. The highest BCUT2D eigenvalue weighted by Gasteiger charge is 2.21. The Hall–Kier alpha value is -2.77. The Morgan fingerprint density at radius 1 is 1.11 bits per heavy atom. The summed E-state index contributed by atoms with van der Waals surface area (Å²) in [4.78, 5) is 14.2. The molecule has 0 spiro atoms. The normalized spacial score (nSPS) is 14.5. The fraction of sp³-hybridized carbons (Fsp3) is 0.381. The lowest BCUT2D eigenvalue weighted by molar-refractivity contribution is 0.0299. The summed E-state index contributed by atoms with van der Waals surface area (Å²) in [5.41, 5.74) is 1.71. The molecule has 2 aromatic carbocycles. The molecule has 4 rings (SSSR count).